The van der Waals surface area contributed by atoms with E-state index in [2.05, 4.69) is 53.8 Å². The van der Waals surface area contributed by atoms with Crippen LogP contribution in [-0.4, -0.2) is 4.43 Å². The fourth-order valence-corrected chi connectivity index (χ4v) is 1.81. The number of halogens is 1. The number of rotatable bonds is 10. The maximum Gasteiger partial charge on any atom is 0.00300 e. The van der Waals surface area contributed by atoms with Crippen LogP contribution in [0.4, 0.5) is 0 Å². The zero-order valence-corrected chi connectivity index (χ0v) is 12.2. The van der Waals surface area contributed by atoms with Gasteiger partial charge in [-0.25, -0.2) is 0 Å². The molecule has 0 saturated carbocycles. The first kappa shape index (κ1) is 15.2. The van der Waals surface area contributed by atoms with Crippen LogP contribution in [-0.2, 0) is 0 Å². The predicted octanol–water partition coefficient (Wildman–Crippen LogP) is 5.67. The Kier molecular flexibility index (Phi) is 14.4. The van der Waals surface area contributed by atoms with E-state index in [1.54, 1.807) is 0 Å². The fraction of sp³-hybridized carbons (Fsp3) is 0.714. The second kappa shape index (κ2) is 14.2. The van der Waals surface area contributed by atoms with Crippen molar-refractivity contribution in [3.05, 3.63) is 24.3 Å². The van der Waals surface area contributed by atoms with Gasteiger partial charge in [-0.1, -0.05) is 85.9 Å². The quantitative estimate of drug-likeness (QED) is 0.210. The van der Waals surface area contributed by atoms with Crippen molar-refractivity contribution >= 4 is 22.6 Å². The Bertz CT molecular complexity index is 159. The lowest BCUT2D eigenvalue weighted by molar-refractivity contribution is 0.611. The maximum atomic E-state index is 2.40. The van der Waals surface area contributed by atoms with Gasteiger partial charge in [-0.2, -0.15) is 0 Å². The number of alkyl halides is 1. The van der Waals surface area contributed by atoms with E-state index in [-0.39, 0.29) is 0 Å². The normalized spacial score (nSPS) is 11.9. The monoisotopic (exact) mass is 320 g/mol. The topological polar surface area (TPSA) is 0 Å². The Morgan fingerprint density at radius 3 is 2.07 bits per heavy atom. The van der Waals surface area contributed by atoms with E-state index in [4.69, 9.17) is 0 Å². The minimum atomic E-state index is 1.20. The van der Waals surface area contributed by atoms with Crippen LogP contribution in [0.3, 0.4) is 0 Å². The fourth-order valence-electron chi connectivity index (χ4n) is 1.46. The molecule has 0 N–H and O–H groups in total. The molecule has 0 saturated heterocycles. The first-order chi connectivity index (χ1) is 7.41. The van der Waals surface area contributed by atoms with Gasteiger partial charge in [-0.3, -0.25) is 0 Å². The first-order valence-corrected chi connectivity index (χ1v) is 7.82. The van der Waals surface area contributed by atoms with Crippen molar-refractivity contribution in [2.24, 2.45) is 0 Å². The molecule has 0 atom stereocenters. The minimum absolute atomic E-state index is 1.20. The average Bonchev–Trinajstić information content (AvgIpc) is 2.26. The molecule has 1 heteroatoms. The van der Waals surface area contributed by atoms with Gasteiger partial charge in [0.25, 0.3) is 0 Å². The zero-order valence-electron chi connectivity index (χ0n) is 10.1. The van der Waals surface area contributed by atoms with Crippen LogP contribution in [0, 0.1) is 0 Å². The van der Waals surface area contributed by atoms with Crippen LogP contribution in [0.15, 0.2) is 24.3 Å². The summed E-state index contributed by atoms with van der Waals surface area (Å²) >= 11 is 2.40. The molecule has 0 unspecified atom stereocenters. The van der Waals surface area contributed by atoms with Crippen LogP contribution in [0.25, 0.3) is 0 Å². The Hall–Kier alpha value is 0.210. The molecular weight excluding hydrogens is 295 g/mol. The molecule has 0 fully saturated rings. The van der Waals surface area contributed by atoms with E-state index < -0.39 is 0 Å². The second-order valence-electron chi connectivity index (χ2n) is 3.89. The number of allylic oxidation sites excluding steroid dienone is 4. The molecule has 0 rings (SSSR count). The van der Waals surface area contributed by atoms with Gasteiger partial charge in [0.05, 0.1) is 0 Å². The van der Waals surface area contributed by atoms with Gasteiger partial charge < -0.3 is 0 Å². The van der Waals surface area contributed by atoms with Crippen LogP contribution < -0.4 is 0 Å². The van der Waals surface area contributed by atoms with E-state index in [1.165, 1.54) is 55.8 Å². The third-order valence-corrected chi connectivity index (χ3v) is 3.01. The summed E-state index contributed by atoms with van der Waals surface area (Å²) in [6.07, 6.45) is 19.7. The molecule has 0 nitrogen and oxygen atoms in total. The molecule has 0 amide bonds. The van der Waals surface area contributed by atoms with E-state index >= 15 is 0 Å². The van der Waals surface area contributed by atoms with Gasteiger partial charge in [0, 0.05) is 4.43 Å². The van der Waals surface area contributed by atoms with Crippen LogP contribution in [0.5, 0.6) is 0 Å². The van der Waals surface area contributed by atoms with Gasteiger partial charge in [0.15, 0.2) is 0 Å². The summed E-state index contributed by atoms with van der Waals surface area (Å²) in [5.41, 5.74) is 0. The van der Waals surface area contributed by atoms with Gasteiger partial charge in [-0.05, 0) is 19.3 Å². The molecule has 0 radical (unpaired) electrons. The third-order valence-electron chi connectivity index (χ3n) is 2.38. The molecule has 0 spiro atoms. The van der Waals surface area contributed by atoms with Gasteiger partial charge in [-0.15, -0.1) is 0 Å². The smallest absolute Gasteiger partial charge is 0.00300 e. The van der Waals surface area contributed by atoms with Crippen molar-refractivity contribution in [1.82, 2.24) is 0 Å². The van der Waals surface area contributed by atoms with Crippen LogP contribution in [0.1, 0.15) is 58.3 Å². The molecule has 0 bridgehead atoms. The van der Waals surface area contributed by atoms with Crippen molar-refractivity contribution in [3.63, 3.8) is 0 Å². The van der Waals surface area contributed by atoms with E-state index in [0.29, 0.717) is 0 Å². The van der Waals surface area contributed by atoms with Crippen molar-refractivity contribution in [2.45, 2.75) is 58.3 Å². The highest BCUT2D eigenvalue weighted by Crippen LogP contribution is 2.07. The molecular formula is C14H25I. The van der Waals surface area contributed by atoms with Crippen molar-refractivity contribution in [3.8, 4) is 0 Å². The lowest BCUT2D eigenvalue weighted by atomic mass is 10.1. The SMILES string of the molecule is CCCCCCCCC=CC=CCCI. The predicted molar refractivity (Wildman–Crippen MR) is 79.8 cm³/mol. The molecule has 0 heterocycles. The third kappa shape index (κ3) is 14.2. The first-order valence-electron chi connectivity index (χ1n) is 6.29. The lowest BCUT2D eigenvalue weighted by Gasteiger charge is -1.97. The van der Waals surface area contributed by atoms with E-state index in [0.717, 1.165) is 0 Å². The van der Waals surface area contributed by atoms with E-state index in [9.17, 15) is 0 Å². The second-order valence-corrected chi connectivity index (χ2v) is 4.97. The molecule has 88 valence electrons. The number of hydrogen-bond acceptors (Lipinski definition) is 0. The van der Waals surface area contributed by atoms with Crippen molar-refractivity contribution < 1.29 is 0 Å². The summed E-state index contributed by atoms with van der Waals surface area (Å²) < 4.78 is 1.22. The highest BCUT2D eigenvalue weighted by molar-refractivity contribution is 14.1. The molecule has 15 heavy (non-hydrogen) atoms. The molecule has 0 aliphatic rings. The maximum absolute atomic E-state index is 2.40. The van der Waals surface area contributed by atoms with Gasteiger partial charge >= 0.3 is 0 Å². The van der Waals surface area contributed by atoms with Gasteiger partial charge in [0.2, 0.25) is 0 Å². The molecule has 0 aromatic carbocycles. The molecule has 0 aliphatic carbocycles. The standard InChI is InChI=1S/C14H25I/c1-2-3-4-5-6-7-8-9-10-11-12-13-14-15/h9-12H,2-8,13-14H2,1H3. The van der Waals surface area contributed by atoms with Crippen molar-refractivity contribution in [2.75, 3.05) is 4.43 Å². The molecule has 0 aliphatic heterocycles. The van der Waals surface area contributed by atoms with E-state index in [1.807, 2.05) is 0 Å². The Morgan fingerprint density at radius 1 is 0.800 bits per heavy atom. The number of hydrogen-bond donors (Lipinski definition) is 0. The van der Waals surface area contributed by atoms with Crippen molar-refractivity contribution in [1.29, 1.82) is 0 Å². The summed E-state index contributed by atoms with van der Waals surface area (Å²) in [5, 5.41) is 0. The Balaban J connectivity index is 3.09. The molecule has 0 aromatic rings. The average molecular weight is 320 g/mol. The summed E-state index contributed by atoms with van der Waals surface area (Å²) in [5.74, 6) is 0. The van der Waals surface area contributed by atoms with Crippen LogP contribution in [0.2, 0.25) is 0 Å². The van der Waals surface area contributed by atoms with Crippen LogP contribution >= 0.6 is 22.6 Å². The highest BCUT2D eigenvalue weighted by atomic mass is 127. The summed E-state index contributed by atoms with van der Waals surface area (Å²) in [4.78, 5) is 0. The summed E-state index contributed by atoms with van der Waals surface area (Å²) in [6, 6.07) is 0. The Labute approximate surface area is 109 Å². The summed E-state index contributed by atoms with van der Waals surface area (Å²) in [7, 11) is 0. The molecule has 0 aromatic heterocycles. The zero-order chi connectivity index (χ0) is 11.2. The van der Waals surface area contributed by atoms with Gasteiger partial charge in [0.1, 0.15) is 0 Å². The minimum Gasteiger partial charge on any atom is -0.0860 e. The summed E-state index contributed by atoms with van der Waals surface area (Å²) in [6.45, 7) is 2.27. The lowest BCUT2D eigenvalue weighted by Crippen LogP contribution is -1.77. The highest BCUT2D eigenvalue weighted by Gasteiger charge is 1.87. The largest absolute Gasteiger partial charge is 0.0860 e. The Morgan fingerprint density at radius 2 is 1.40 bits per heavy atom. The number of unbranched alkanes of at least 4 members (excludes halogenated alkanes) is 6.